The first-order chi connectivity index (χ1) is 14.1. The van der Waals surface area contributed by atoms with Crippen molar-refractivity contribution in [2.24, 2.45) is 0 Å². The van der Waals surface area contributed by atoms with Crippen LogP contribution in [0.25, 0.3) is 0 Å². The van der Waals surface area contributed by atoms with Crippen molar-refractivity contribution in [1.29, 1.82) is 0 Å². The van der Waals surface area contributed by atoms with Crippen LogP contribution in [0, 0.1) is 0 Å². The maximum Gasteiger partial charge on any atom is 0.344 e. The van der Waals surface area contributed by atoms with E-state index in [9.17, 15) is 14.4 Å². The molecule has 7 heteroatoms. The third-order valence-electron chi connectivity index (χ3n) is 4.64. The van der Waals surface area contributed by atoms with Gasteiger partial charge in [-0.2, -0.15) is 0 Å². The lowest BCUT2D eigenvalue weighted by molar-refractivity contribution is -0.155. The quantitative estimate of drug-likeness (QED) is 0.553. The summed E-state index contributed by atoms with van der Waals surface area (Å²) in [4.78, 5) is 35.7. The Labute approximate surface area is 175 Å². The van der Waals surface area contributed by atoms with Crippen LogP contribution >= 0.6 is 0 Å². The number of Topliss-reactive ketones (excluding diaryl/α,β-unsaturated/α-hetero) is 1. The smallest absolute Gasteiger partial charge is 0.344 e. The topological polar surface area (TPSA) is 90.9 Å². The lowest BCUT2D eigenvalue weighted by atomic mass is 10.0. The highest BCUT2D eigenvalue weighted by atomic mass is 16.6. The molecule has 1 N–H and O–H groups in total. The lowest BCUT2D eigenvalue weighted by Crippen LogP contribution is -2.31. The molecule has 3 rings (SSSR count). The SMILES string of the molecule is CC(=O)c1ccc(NC(=O)C(C)OC(=O)COc2cccc3c2OC(C)(C)C3)cc1. The number of ketones is 1. The Bertz CT molecular complexity index is 964. The van der Waals surface area contributed by atoms with Gasteiger partial charge in [0.2, 0.25) is 0 Å². The van der Waals surface area contributed by atoms with E-state index in [4.69, 9.17) is 14.2 Å². The van der Waals surface area contributed by atoms with Gasteiger partial charge < -0.3 is 19.5 Å². The van der Waals surface area contributed by atoms with Gasteiger partial charge in [-0.1, -0.05) is 12.1 Å². The van der Waals surface area contributed by atoms with Crippen molar-refractivity contribution in [3.05, 3.63) is 53.6 Å². The standard InChI is InChI=1S/C23H25NO6/c1-14(25)16-8-10-18(11-9-16)24-22(27)15(2)29-20(26)13-28-19-7-5-6-17-12-23(3,4)30-21(17)19/h5-11,15H,12-13H2,1-4H3,(H,24,27). The fourth-order valence-corrected chi connectivity index (χ4v) is 3.15. The first kappa shape index (κ1) is 21.4. The number of esters is 1. The summed E-state index contributed by atoms with van der Waals surface area (Å²) in [6, 6.07) is 12.0. The molecule has 158 valence electrons. The number of fused-ring (bicyclic) bond motifs is 1. The number of rotatable bonds is 7. The molecule has 0 radical (unpaired) electrons. The van der Waals surface area contributed by atoms with E-state index in [1.165, 1.54) is 13.8 Å². The number of amides is 1. The number of hydrogen-bond acceptors (Lipinski definition) is 6. The van der Waals surface area contributed by atoms with Crippen molar-refractivity contribution >= 4 is 23.3 Å². The maximum atomic E-state index is 12.2. The van der Waals surface area contributed by atoms with Gasteiger partial charge in [0.05, 0.1) is 0 Å². The Kier molecular flexibility index (Phi) is 6.10. The molecule has 0 aliphatic carbocycles. The largest absolute Gasteiger partial charge is 0.483 e. The molecular formula is C23H25NO6. The maximum absolute atomic E-state index is 12.2. The zero-order valence-electron chi connectivity index (χ0n) is 17.5. The van der Waals surface area contributed by atoms with Crippen LogP contribution in [0.3, 0.4) is 0 Å². The van der Waals surface area contributed by atoms with Crippen LogP contribution in [0.5, 0.6) is 11.5 Å². The molecule has 1 aliphatic rings. The molecule has 30 heavy (non-hydrogen) atoms. The monoisotopic (exact) mass is 411 g/mol. The minimum atomic E-state index is -1.01. The molecule has 0 spiro atoms. The number of anilines is 1. The third kappa shape index (κ3) is 5.17. The lowest BCUT2D eigenvalue weighted by Gasteiger charge is -2.18. The molecule has 1 amide bonds. The van der Waals surface area contributed by atoms with E-state index in [2.05, 4.69) is 5.32 Å². The van der Waals surface area contributed by atoms with E-state index < -0.39 is 18.0 Å². The van der Waals surface area contributed by atoms with Crippen LogP contribution in [-0.2, 0) is 20.7 Å². The van der Waals surface area contributed by atoms with Crippen LogP contribution < -0.4 is 14.8 Å². The van der Waals surface area contributed by atoms with Crippen molar-refractivity contribution in [3.63, 3.8) is 0 Å². The van der Waals surface area contributed by atoms with Gasteiger partial charge in [-0.3, -0.25) is 9.59 Å². The molecule has 0 bridgehead atoms. The van der Waals surface area contributed by atoms with E-state index in [1.54, 1.807) is 30.3 Å². The van der Waals surface area contributed by atoms with Gasteiger partial charge in [-0.25, -0.2) is 4.79 Å². The number of ether oxygens (including phenoxy) is 3. The molecule has 1 heterocycles. The minimum absolute atomic E-state index is 0.0619. The summed E-state index contributed by atoms with van der Waals surface area (Å²) >= 11 is 0. The highest BCUT2D eigenvalue weighted by molar-refractivity contribution is 5.97. The van der Waals surface area contributed by atoms with Gasteiger partial charge in [0.15, 0.2) is 30.0 Å². The van der Waals surface area contributed by atoms with Crippen molar-refractivity contribution in [1.82, 2.24) is 0 Å². The normalized spacial score (nSPS) is 14.8. The van der Waals surface area contributed by atoms with Crippen LogP contribution in [-0.4, -0.2) is 36.0 Å². The van der Waals surface area contributed by atoms with Crippen LogP contribution in [0.15, 0.2) is 42.5 Å². The predicted octanol–water partition coefficient (Wildman–Crippen LogP) is 3.55. The van der Waals surface area contributed by atoms with Crippen molar-refractivity contribution in [3.8, 4) is 11.5 Å². The summed E-state index contributed by atoms with van der Waals surface area (Å²) in [5.74, 6) is -0.106. The average Bonchev–Trinajstić information content (AvgIpc) is 3.01. The molecule has 0 saturated carbocycles. The highest BCUT2D eigenvalue weighted by Crippen LogP contribution is 2.41. The van der Waals surface area contributed by atoms with Crippen LogP contribution in [0.1, 0.15) is 43.6 Å². The Balaban J connectivity index is 1.51. The second-order valence-electron chi connectivity index (χ2n) is 7.83. The van der Waals surface area contributed by atoms with Crippen LogP contribution in [0.4, 0.5) is 5.69 Å². The van der Waals surface area contributed by atoms with Gasteiger partial charge in [0, 0.05) is 23.2 Å². The summed E-state index contributed by atoms with van der Waals surface area (Å²) in [7, 11) is 0. The Morgan fingerprint density at radius 1 is 1.13 bits per heavy atom. The Hall–Kier alpha value is -3.35. The molecule has 2 aromatic carbocycles. The molecule has 0 saturated heterocycles. The molecule has 0 aromatic heterocycles. The second kappa shape index (κ2) is 8.57. The van der Waals surface area contributed by atoms with Crippen LogP contribution in [0.2, 0.25) is 0 Å². The van der Waals surface area contributed by atoms with Gasteiger partial charge in [-0.15, -0.1) is 0 Å². The average molecular weight is 411 g/mol. The summed E-state index contributed by atoms with van der Waals surface area (Å²) in [5, 5.41) is 2.64. The van der Waals surface area contributed by atoms with E-state index in [0.29, 0.717) is 22.7 Å². The first-order valence-electron chi connectivity index (χ1n) is 9.70. The molecule has 2 aromatic rings. The molecular weight excluding hydrogens is 386 g/mol. The van der Waals surface area contributed by atoms with E-state index >= 15 is 0 Å². The zero-order valence-corrected chi connectivity index (χ0v) is 17.5. The summed E-state index contributed by atoms with van der Waals surface area (Å²) in [6.07, 6.45) is -0.251. The summed E-state index contributed by atoms with van der Waals surface area (Å²) in [5.41, 5.74) is 1.75. The molecule has 1 atom stereocenters. The van der Waals surface area contributed by atoms with E-state index in [-0.39, 0.29) is 18.0 Å². The molecule has 7 nitrogen and oxygen atoms in total. The Morgan fingerprint density at radius 2 is 1.83 bits per heavy atom. The highest BCUT2D eigenvalue weighted by Gasteiger charge is 2.32. The minimum Gasteiger partial charge on any atom is -0.483 e. The first-order valence-corrected chi connectivity index (χ1v) is 9.70. The van der Waals surface area contributed by atoms with Gasteiger partial charge >= 0.3 is 5.97 Å². The molecule has 1 unspecified atom stereocenters. The molecule has 0 fully saturated rings. The number of para-hydroxylation sites is 1. The molecule has 1 aliphatic heterocycles. The van der Waals surface area contributed by atoms with Gasteiger partial charge in [-0.05, 0) is 58.0 Å². The fraction of sp³-hybridized carbons (Fsp3) is 0.348. The third-order valence-corrected chi connectivity index (χ3v) is 4.64. The number of hydrogen-bond donors (Lipinski definition) is 1. The van der Waals surface area contributed by atoms with Crippen molar-refractivity contribution in [2.75, 3.05) is 11.9 Å². The number of carbonyl (C=O) groups excluding carboxylic acids is 3. The number of benzene rings is 2. The van der Waals surface area contributed by atoms with E-state index in [0.717, 1.165) is 12.0 Å². The second-order valence-corrected chi connectivity index (χ2v) is 7.83. The zero-order chi connectivity index (χ0) is 21.9. The fourth-order valence-electron chi connectivity index (χ4n) is 3.15. The van der Waals surface area contributed by atoms with Crippen molar-refractivity contribution in [2.45, 2.75) is 45.8 Å². The van der Waals surface area contributed by atoms with Gasteiger partial charge in [0.1, 0.15) is 5.60 Å². The summed E-state index contributed by atoms with van der Waals surface area (Å²) < 4.78 is 16.6. The summed E-state index contributed by atoms with van der Waals surface area (Å²) in [6.45, 7) is 6.57. The number of nitrogens with one attached hydrogen (secondary N) is 1. The number of carbonyl (C=O) groups is 3. The van der Waals surface area contributed by atoms with Crippen molar-refractivity contribution < 1.29 is 28.6 Å². The van der Waals surface area contributed by atoms with Gasteiger partial charge in [0.25, 0.3) is 5.91 Å². The Morgan fingerprint density at radius 3 is 2.50 bits per heavy atom. The predicted molar refractivity (Wildman–Crippen MR) is 111 cm³/mol. The van der Waals surface area contributed by atoms with E-state index in [1.807, 2.05) is 26.0 Å².